The molecule has 1 amide bonds. The number of carbonyl (C=O) groups is 2. The zero-order valence-corrected chi connectivity index (χ0v) is 14.0. The Morgan fingerprint density at radius 2 is 2.00 bits per heavy atom. The first-order valence-corrected chi connectivity index (χ1v) is 8.43. The number of nitrogens with zero attached hydrogens (tertiary/aromatic N) is 1. The highest BCUT2D eigenvalue weighted by Crippen LogP contribution is 2.27. The summed E-state index contributed by atoms with van der Waals surface area (Å²) in [5, 5.41) is 0. The van der Waals surface area contributed by atoms with Crippen molar-refractivity contribution in [3.05, 3.63) is 63.8 Å². The Balaban J connectivity index is 1.81. The Morgan fingerprint density at radius 1 is 1.22 bits per heavy atom. The van der Waals surface area contributed by atoms with Gasteiger partial charge in [0.1, 0.15) is 6.54 Å². The molecule has 6 heteroatoms. The lowest BCUT2D eigenvalue weighted by atomic mass is 10.1. The van der Waals surface area contributed by atoms with E-state index in [1.807, 2.05) is 30.3 Å². The van der Waals surface area contributed by atoms with Gasteiger partial charge in [0, 0.05) is 0 Å². The second-order valence-corrected chi connectivity index (χ2v) is 7.16. The number of rotatable bonds is 6. The minimum absolute atomic E-state index is 0.420. The summed E-state index contributed by atoms with van der Waals surface area (Å²) in [6, 6.07) is 11.0. The molecular formula is C17H16ClN2O2S+. The van der Waals surface area contributed by atoms with Crippen LogP contribution in [0.15, 0.2) is 49.1 Å². The van der Waals surface area contributed by atoms with Gasteiger partial charge in [0.05, 0.1) is 27.0 Å². The Morgan fingerprint density at radius 3 is 2.70 bits per heavy atom. The van der Waals surface area contributed by atoms with E-state index in [4.69, 9.17) is 11.6 Å². The normalized spacial score (nSPS) is 14.9. The van der Waals surface area contributed by atoms with E-state index in [0.717, 1.165) is 20.7 Å². The van der Waals surface area contributed by atoms with Crippen molar-refractivity contribution in [1.82, 2.24) is 0 Å². The molecule has 23 heavy (non-hydrogen) atoms. The van der Waals surface area contributed by atoms with Gasteiger partial charge < -0.3 is 4.90 Å². The molecule has 0 radical (unpaired) electrons. The molecule has 1 aromatic carbocycles. The van der Waals surface area contributed by atoms with Crippen molar-refractivity contribution in [2.24, 2.45) is 0 Å². The average Bonchev–Trinajstić information content (AvgIpc) is 3.05. The number of carbonyl (C=O) groups excluding carboxylic acids is 2. The Bertz CT molecular complexity index is 771. The Labute approximate surface area is 143 Å². The van der Waals surface area contributed by atoms with Gasteiger partial charge in [-0.25, -0.2) is 0 Å². The predicted molar refractivity (Wildman–Crippen MR) is 92.2 cm³/mol. The largest absolute Gasteiger partial charge is 0.310 e. The molecule has 0 spiro atoms. The number of benzene rings is 1. The number of amides is 1. The smallest absolute Gasteiger partial charge is 0.303 e. The number of ketones is 1. The van der Waals surface area contributed by atoms with E-state index in [2.05, 4.69) is 6.58 Å². The second kappa shape index (κ2) is 6.66. The van der Waals surface area contributed by atoms with Crippen molar-refractivity contribution < 1.29 is 14.5 Å². The first-order valence-electron chi connectivity index (χ1n) is 7.24. The van der Waals surface area contributed by atoms with Crippen molar-refractivity contribution >= 4 is 40.3 Å². The quantitative estimate of drug-likeness (QED) is 0.642. The Hall–Kier alpha value is -1.95. The molecule has 118 valence electrons. The minimum atomic E-state index is -0.461. The lowest BCUT2D eigenvalue weighted by Gasteiger charge is -2.23. The van der Waals surface area contributed by atoms with Crippen LogP contribution in [0, 0.1) is 0 Å². The van der Waals surface area contributed by atoms with Crippen molar-refractivity contribution in [2.75, 3.05) is 18.1 Å². The highest BCUT2D eigenvalue weighted by atomic mass is 35.5. The van der Waals surface area contributed by atoms with Gasteiger partial charge in [-0.1, -0.05) is 30.3 Å². The van der Waals surface area contributed by atoms with E-state index in [1.54, 1.807) is 17.0 Å². The van der Waals surface area contributed by atoms with Gasteiger partial charge in [-0.15, -0.1) is 11.3 Å². The van der Waals surface area contributed by atoms with Crippen molar-refractivity contribution in [1.29, 1.82) is 0 Å². The van der Waals surface area contributed by atoms with Gasteiger partial charge in [-0.05, 0) is 30.3 Å². The number of para-hydroxylation sites is 1. The number of halogens is 1. The number of quaternary nitrogens is 1. The number of anilines is 1. The van der Waals surface area contributed by atoms with Crippen molar-refractivity contribution in [3.8, 4) is 0 Å². The maximum absolute atomic E-state index is 12.3. The van der Waals surface area contributed by atoms with Crippen LogP contribution >= 0.6 is 22.9 Å². The monoisotopic (exact) mass is 347 g/mol. The number of thiophene rings is 1. The SMILES string of the molecule is C=CC[NH+](Cc1ccc(Cl)s1)CN1C(=O)C(=O)c2ccccc21. The summed E-state index contributed by atoms with van der Waals surface area (Å²) in [4.78, 5) is 28.2. The molecule has 0 saturated heterocycles. The van der Waals surface area contributed by atoms with E-state index in [1.165, 1.54) is 11.3 Å². The van der Waals surface area contributed by atoms with Gasteiger partial charge in [-0.2, -0.15) is 0 Å². The number of hydrogen-bond donors (Lipinski definition) is 1. The summed E-state index contributed by atoms with van der Waals surface area (Å²) in [5.74, 6) is -0.894. The highest BCUT2D eigenvalue weighted by Gasteiger charge is 2.37. The summed E-state index contributed by atoms with van der Waals surface area (Å²) in [6.07, 6.45) is 1.82. The fourth-order valence-corrected chi connectivity index (χ4v) is 3.88. The molecule has 0 bridgehead atoms. The molecule has 4 nitrogen and oxygen atoms in total. The molecule has 0 fully saturated rings. The minimum Gasteiger partial charge on any atom is -0.310 e. The summed E-state index contributed by atoms with van der Waals surface area (Å²) in [7, 11) is 0. The third-order valence-electron chi connectivity index (χ3n) is 3.75. The molecule has 1 unspecified atom stereocenters. The van der Waals surface area contributed by atoms with Gasteiger partial charge in [-0.3, -0.25) is 14.5 Å². The van der Waals surface area contributed by atoms with E-state index >= 15 is 0 Å². The van der Waals surface area contributed by atoms with Crippen LogP contribution in [0.4, 0.5) is 5.69 Å². The van der Waals surface area contributed by atoms with Crippen LogP contribution in [0.25, 0.3) is 0 Å². The van der Waals surface area contributed by atoms with E-state index in [9.17, 15) is 9.59 Å². The number of hydrogen-bond acceptors (Lipinski definition) is 3. The summed E-state index contributed by atoms with van der Waals surface area (Å²) in [6.45, 7) is 5.62. The molecule has 1 N–H and O–H groups in total. The van der Waals surface area contributed by atoms with Crippen molar-refractivity contribution in [2.45, 2.75) is 6.54 Å². The summed E-state index contributed by atoms with van der Waals surface area (Å²) < 4.78 is 0.746. The lowest BCUT2D eigenvalue weighted by Crippen LogP contribution is -3.12. The fraction of sp³-hybridized carbons (Fsp3) is 0.176. The molecule has 1 atom stereocenters. The predicted octanol–water partition coefficient (Wildman–Crippen LogP) is 2.16. The number of fused-ring (bicyclic) bond motifs is 1. The maximum Gasteiger partial charge on any atom is 0.303 e. The molecule has 1 aliphatic heterocycles. The second-order valence-electron chi connectivity index (χ2n) is 5.36. The zero-order valence-electron chi connectivity index (χ0n) is 12.4. The molecule has 2 aromatic rings. The van der Waals surface area contributed by atoms with Crippen LogP contribution < -0.4 is 9.80 Å². The average molecular weight is 348 g/mol. The van der Waals surface area contributed by atoms with Crippen LogP contribution in [-0.4, -0.2) is 24.9 Å². The topological polar surface area (TPSA) is 41.8 Å². The Kier molecular flexibility index (Phi) is 4.61. The molecule has 2 heterocycles. The van der Waals surface area contributed by atoms with Gasteiger partial charge in [0.25, 0.3) is 5.78 Å². The van der Waals surface area contributed by atoms with Crippen LogP contribution in [0.2, 0.25) is 4.34 Å². The molecule has 1 aromatic heterocycles. The third-order valence-corrected chi connectivity index (χ3v) is 4.98. The number of nitrogens with one attached hydrogen (secondary N) is 1. The molecule has 0 saturated carbocycles. The molecular weight excluding hydrogens is 332 g/mol. The van der Waals surface area contributed by atoms with Gasteiger partial charge in [0.15, 0.2) is 6.67 Å². The summed E-state index contributed by atoms with van der Waals surface area (Å²) in [5.41, 5.74) is 1.17. The summed E-state index contributed by atoms with van der Waals surface area (Å²) >= 11 is 7.51. The highest BCUT2D eigenvalue weighted by molar-refractivity contribution is 7.16. The van der Waals surface area contributed by atoms with Crippen LogP contribution in [0.5, 0.6) is 0 Å². The molecule has 1 aliphatic rings. The van der Waals surface area contributed by atoms with E-state index in [-0.39, 0.29) is 0 Å². The maximum atomic E-state index is 12.3. The third kappa shape index (κ3) is 3.22. The zero-order chi connectivity index (χ0) is 16.4. The van der Waals surface area contributed by atoms with E-state index < -0.39 is 11.7 Å². The van der Waals surface area contributed by atoms with Gasteiger partial charge >= 0.3 is 5.91 Å². The van der Waals surface area contributed by atoms with Crippen LogP contribution in [0.1, 0.15) is 15.2 Å². The fourth-order valence-electron chi connectivity index (χ4n) is 2.72. The lowest BCUT2D eigenvalue weighted by molar-refractivity contribution is -0.906. The standard InChI is InChI=1S/C17H15ClN2O2S/c1-2-9-19(10-12-7-8-15(18)23-12)11-20-14-6-4-3-5-13(14)16(21)17(20)22/h2-8H,1,9-11H2/p+1. The molecule has 3 rings (SSSR count). The van der Waals surface area contributed by atoms with Crippen LogP contribution in [0.3, 0.4) is 0 Å². The first-order chi connectivity index (χ1) is 11.1. The van der Waals surface area contributed by atoms with E-state index in [0.29, 0.717) is 24.5 Å². The molecule has 0 aliphatic carbocycles. The van der Waals surface area contributed by atoms with Crippen LogP contribution in [-0.2, 0) is 11.3 Å². The van der Waals surface area contributed by atoms with Gasteiger partial charge in [0.2, 0.25) is 0 Å². The first kappa shape index (κ1) is 15.9. The number of Topliss-reactive ketones (excluding diaryl/α,β-unsaturated/α-hetero) is 1. The van der Waals surface area contributed by atoms with Crippen molar-refractivity contribution in [3.63, 3.8) is 0 Å².